The van der Waals surface area contributed by atoms with Crippen LogP contribution in [-0.2, 0) is 11.3 Å². The summed E-state index contributed by atoms with van der Waals surface area (Å²) in [5.41, 5.74) is 0.667. The van der Waals surface area contributed by atoms with Crippen molar-refractivity contribution < 1.29 is 9.59 Å². The molecule has 6 rings (SSSR count). The highest BCUT2D eigenvalue weighted by Gasteiger charge is 2.68. The second-order valence-electron chi connectivity index (χ2n) is 7.75. The first-order chi connectivity index (χ1) is 13.2. The van der Waals surface area contributed by atoms with E-state index in [1.807, 2.05) is 41.3 Å². The van der Waals surface area contributed by atoms with Gasteiger partial charge in [-0.2, -0.15) is 0 Å². The highest BCUT2D eigenvalue weighted by atomic mass is 16.2. The SMILES string of the molecule is O=C1N(CCN(Cc2ccccc2)c2ccccn2)C(=O)C23CC(CN12)C3. The van der Waals surface area contributed by atoms with Gasteiger partial charge in [-0.15, -0.1) is 0 Å². The Hall–Kier alpha value is -2.89. The summed E-state index contributed by atoms with van der Waals surface area (Å²) in [4.78, 5) is 35.5. The van der Waals surface area contributed by atoms with Crippen LogP contribution in [0, 0.1) is 5.92 Å². The Morgan fingerprint density at radius 1 is 1.07 bits per heavy atom. The lowest BCUT2D eigenvalue weighted by molar-refractivity contribution is -0.135. The van der Waals surface area contributed by atoms with E-state index in [1.54, 1.807) is 6.20 Å². The Bertz CT molecular complexity index is 862. The largest absolute Gasteiger partial charge is 0.350 e. The van der Waals surface area contributed by atoms with Gasteiger partial charge in [0.2, 0.25) is 0 Å². The standard InChI is InChI=1S/C21H22N4O2/c26-19-21-12-17(13-21)15-25(21)20(27)24(19)11-10-23(18-8-4-5-9-22-18)14-16-6-2-1-3-7-16/h1-9,17H,10-15H2. The van der Waals surface area contributed by atoms with Crippen molar-refractivity contribution in [1.82, 2.24) is 14.8 Å². The molecule has 1 aliphatic carbocycles. The summed E-state index contributed by atoms with van der Waals surface area (Å²) in [6.45, 7) is 2.39. The van der Waals surface area contributed by atoms with Crippen LogP contribution in [0.25, 0.3) is 0 Å². The van der Waals surface area contributed by atoms with Crippen molar-refractivity contribution in [3.8, 4) is 0 Å². The maximum atomic E-state index is 12.9. The van der Waals surface area contributed by atoms with Crippen molar-refractivity contribution in [3.63, 3.8) is 0 Å². The Balaban J connectivity index is 1.33. The Morgan fingerprint density at radius 3 is 2.56 bits per heavy atom. The number of carbonyl (C=O) groups excluding carboxylic acids is 2. The third-order valence-electron chi connectivity index (χ3n) is 6.10. The minimum Gasteiger partial charge on any atom is -0.350 e. The molecule has 1 saturated carbocycles. The van der Waals surface area contributed by atoms with Gasteiger partial charge in [-0.05, 0) is 36.5 Å². The maximum absolute atomic E-state index is 12.9. The first kappa shape index (κ1) is 16.3. The minimum atomic E-state index is -0.503. The van der Waals surface area contributed by atoms with E-state index < -0.39 is 5.54 Å². The van der Waals surface area contributed by atoms with E-state index in [4.69, 9.17) is 0 Å². The zero-order chi connectivity index (χ0) is 18.4. The Labute approximate surface area is 158 Å². The number of anilines is 1. The molecule has 2 aromatic rings. The van der Waals surface area contributed by atoms with Gasteiger partial charge < -0.3 is 9.80 Å². The van der Waals surface area contributed by atoms with Crippen molar-refractivity contribution in [2.45, 2.75) is 24.9 Å². The second-order valence-corrected chi connectivity index (χ2v) is 7.75. The predicted molar refractivity (Wildman–Crippen MR) is 101 cm³/mol. The zero-order valence-corrected chi connectivity index (χ0v) is 15.1. The smallest absolute Gasteiger partial charge is 0.327 e. The van der Waals surface area contributed by atoms with Crippen LogP contribution in [0.15, 0.2) is 54.7 Å². The van der Waals surface area contributed by atoms with Crippen molar-refractivity contribution in [2.75, 3.05) is 24.5 Å². The molecule has 0 atom stereocenters. The lowest BCUT2D eigenvalue weighted by Crippen LogP contribution is -2.49. The van der Waals surface area contributed by atoms with Crippen LogP contribution in [0.1, 0.15) is 18.4 Å². The van der Waals surface area contributed by atoms with Crippen LogP contribution in [0.4, 0.5) is 10.6 Å². The molecule has 0 radical (unpaired) electrons. The van der Waals surface area contributed by atoms with Gasteiger partial charge in [-0.1, -0.05) is 36.4 Å². The topological polar surface area (TPSA) is 56.8 Å². The van der Waals surface area contributed by atoms with Gasteiger partial charge in [0.1, 0.15) is 11.4 Å². The minimum absolute atomic E-state index is 0.00179. The molecule has 1 spiro atoms. The molecule has 6 nitrogen and oxygen atoms in total. The number of benzene rings is 1. The Kier molecular flexibility index (Phi) is 3.67. The summed E-state index contributed by atoms with van der Waals surface area (Å²) in [7, 11) is 0. The molecule has 0 N–H and O–H groups in total. The van der Waals surface area contributed by atoms with Crippen molar-refractivity contribution in [3.05, 3.63) is 60.3 Å². The van der Waals surface area contributed by atoms with Crippen LogP contribution < -0.4 is 4.90 Å². The predicted octanol–water partition coefficient (Wildman–Crippen LogP) is 2.51. The van der Waals surface area contributed by atoms with Crippen LogP contribution in [0.5, 0.6) is 0 Å². The molecule has 3 saturated heterocycles. The molecule has 3 aliphatic heterocycles. The molecule has 3 amide bonds. The molecular formula is C21H22N4O2. The zero-order valence-electron chi connectivity index (χ0n) is 15.1. The van der Waals surface area contributed by atoms with E-state index in [0.717, 1.165) is 25.2 Å². The van der Waals surface area contributed by atoms with Gasteiger partial charge in [0, 0.05) is 32.4 Å². The van der Waals surface area contributed by atoms with E-state index in [0.29, 0.717) is 25.6 Å². The van der Waals surface area contributed by atoms with E-state index >= 15 is 0 Å². The number of aromatic nitrogens is 1. The Morgan fingerprint density at radius 2 is 1.85 bits per heavy atom. The quantitative estimate of drug-likeness (QED) is 0.741. The lowest BCUT2D eigenvalue weighted by atomic mass is 9.73. The molecule has 4 aliphatic rings. The molecule has 6 heteroatoms. The van der Waals surface area contributed by atoms with E-state index in [-0.39, 0.29) is 11.9 Å². The van der Waals surface area contributed by atoms with E-state index in [2.05, 4.69) is 22.0 Å². The van der Waals surface area contributed by atoms with Crippen LogP contribution in [0.2, 0.25) is 0 Å². The van der Waals surface area contributed by atoms with E-state index in [9.17, 15) is 9.59 Å². The molecule has 4 fully saturated rings. The van der Waals surface area contributed by atoms with Crippen molar-refractivity contribution >= 4 is 17.8 Å². The molecule has 0 unspecified atom stereocenters. The van der Waals surface area contributed by atoms with E-state index in [1.165, 1.54) is 10.5 Å². The number of pyridine rings is 1. The molecule has 1 aromatic heterocycles. The fourth-order valence-corrected chi connectivity index (χ4v) is 4.75. The first-order valence-electron chi connectivity index (χ1n) is 9.51. The highest BCUT2D eigenvalue weighted by molar-refractivity contribution is 6.08. The number of rotatable bonds is 6. The molecule has 138 valence electrons. The average Bonchev–Trinajstić information content (AvgIpc) is 3.30. The molecule has 2 bridgehead atoms. The summed E-state index contributed by atoms with van der Waals surface area (Å²) in [6, 6.07) is 15.9. The van der Waals surface area contributed by atoms with Gasteiger partial charge in [-0.3, -0.25) is 9.69 Å². The molecular weight excluding hydrogens is 340 g/mol. The van der Waals surface area contributed by atoms with Crippen molar-refractivity contribution in [2.24, 2.45) is 5.92 Å². The number of urea groups is 1. The summed E-state index contributed by atoms with van der Waals surface area (Å²) >= 11 is 0. The average molecular weight is 362 g/mol. The van der Waals surface area contributed by atoms with Crippen LogP contribution >= 0.6 is 0 Å². The number of carbonyl (C=O) groups is 2. The van der Waals surface area contributed by atoms with Gasteiger partial charge in [0.15, 0.2) is 0 Å². The fourth-order valence-electron chi connectivity index (χ4n) is 4.75. The van der Waals surface area contributed by atoms with Gasteiger partial charge in [0.05, 0.1) is 0 Å². The van der Waals surface area contributed by atoms with Gasteiger partial charge in [-0.25, -0.2) is 9.78 Å². The maximum Gasteiger partial charge on any atom is 0.327 e. The summed E-state index contributed by atoms with van der Waals surface area (Å²) in [5.74, 6) is 1.38. The summed E-state index contributed by atoms with van der Waals surface area (Å²) in [6.07, 6.45) is 3.47. The second kappa shape index (κ2) is 6.08. The van der Waals surface area contributed by atoms with Crippen LogP contribution in [0.3, 0.4) is 0 Å². The molecule has 4 heterocycles. The number of imide groups is 1. The monoisotopic (exact) mass is 362 g/mol. The summed E-state index contributed by atoms with van der Waals surface area (Å²) < 4.78 is 0. The van der Waals surface area contributed by atoms with Gasteiger partial charge >= 0.3 is 6.03 Å². The number of hydrogen-bond donors (Lipinski definition) is 0. The number of nitrogens with zero attached hydrogens (tertiary/aromatic N) is 4. The lowest BCUT2D eigenvalue weighted by Gasteiger charge is -2.34. The third-order valence-corrected chi connectivity index (χ3v) is 6.10. The summed E-state index contributed by atoms with van der Waals surface area (Å²) in [5, 5.41) is 0. The highest BCUT2D eigenvalue weighted by Crippen LogP contribution is 2.54. The molecule has 1 aromatic carbocycles. The normalized spacial score (nSPS) is 25.6. The fraction of sp³-hybridized carbons (Fsp3) is 0.381. The van der Waals surface area contributed by atoms with Gasteiger partial charge in [0.25, 0.3) is 5.91 Å². The van der Waals surface area contributed by atoms with Crippen molar-refractivity contribution in [1.29, 1.82) is 0 Å². The number of hydrogen-bond acceptors (Lipinski definition) is 4. The first-order valence-corrected chi connectivity index (χ1v) is 9.51. The third kappa shape index (κ3) is 2.51. The number of amides is 3. The molecule has 27 heavy (non-hydrogen) atoms. The van der Waals surface area contributed by atoms with Crippen LogP contribution in [-0.4, -0.2) is 51.9 Å².